The maximum absolute atomic E-state index is 9.76. The van der Waals surface area contributed by atoms with Crippen molar-refractivity contribution < 1.29 is 5.11 Å². The van der Waals surface area contributed by atoms with Crippen LogP contribution in [-0.2, 0) is 0 Å². The van der Waals surface area contributed by atoms with E-state index in [1.165, 1.54) is 0 Å². The molecule has 2 nitrogen and oxygen atoms in total. The highest BCUT2D eigenvalue weighted by Crippen LogP contribution is 2.28. The number of benzene rings is 1. The van der Waals surface area contributed by atoms with Crippen molar-refractivity contribution in [3.63, 3.8) is 0 Å². The molecule has 1 aliphatic rings. The van der Waals surface area contributed by atoms with Crippen molar-refractivity contribution in [2.24, 2.45) is 5.92 Å². The summed E-state index contributed by atoms with van der Waals surface area (Å²) < 4.78 is 0. The number of hydrogen-bond donors (Lipinski definition) is 2. The van der Waals surface area contributed by atoms with Crippen LogP contribution in [-0.4, -0.2) is 17.3 Å². The average Bonchev–Trinajstić information content (AvgIpc) is 2.51. The van der Waals surface area contributed by atoms with Gasteiger partial charge in [0.1, 0.15) is 0 Å². The summed E-state index contributed by atoms with van der Waals surface area (Å²) in [4.78, 5) is 0. The molecule has 2 N–H and O–H groups in total. The molecule has 1 aromatic rings. The highest BCUT2D eigenvalue weighted by Gasteiger charge is 2.31. The number of aliphatic hydroxyl groups excluding tert-OH is 1. The van der Waals surface area contributed by atoms with Gasteiger partial charge in [-0.2, -0.15) is 0 Å². The fraction of sp³-hybridized carbons (Fsp3) is 0.500. The fourth-order valence-corrected chi connectivity index (χ4v) is 2.14. The molecule has 0 heterocycles. The molecular formula is C12H17NO. The van der Waals surface area contributed by atoms with Crippen LogP contribution in [0.2, 0.25) is 0 Å². The Bertz CT molecular complexity index is 276. The van der Waals surface area contributed by atoms with E-state index in [2.05, 4.69) is 12.2 Å². The van der Waals surface area contributed by atoms with Crippen LogP contribution in [0, 0.1) is 5.92 Å². The van der Waals surface area contributed by atoms with Crippen molar-refractivity contribution >= 4 is 5.69 Å². The number of nitrogens with one attached hydrogen (secondary N) is 1. The minimum atomic E-state index is -0.190. The molecule has 1 aromatic carbocycles. The Morgan fingerprint density at radius 1 is 1.21 bits per heavy atom. The van der Waals surface area contributed by atoms with Crippen molar-refractivity contribution in [2.75, 3.05) is 5.32 Å². The van der Waals surface area contributed by atoms with E-state index in [1.54, 1.807) is 0 Å². The Balaban J connectivity index is 2.04. The molecule has 3 atom stereocenters. The second-order valence-electron chi connectivity index (χ2n) is 4.16. The second kappa shape index (κ2) is 4.01. The summed E-state index contributed by atoms with van der Waals surface area (Å²) in [6, 6.07) is 10.3. The van der Waals surface area contributed by atoms with E-state index in [0.717, 1.165) is 18.5 Å². The lowest BCUT2D eigenvalue weighted by Gasteiger charge is -2.21. The zero-order valence-corrected chi connectivity index (χ0v) is 8.48. The van der Waals surface area contributed by atoms with Gasteiger partial charge in [-0.25, -0.2) is 0 Å². The Kier molecular flexibility index (Phi) is 2.73. The molecule has 0 saturated heterocycles. The lowest BCUT2D eigenvalue weighted by Crippen LogP contribution is -2.32. The van der Waals surface area contributed by atoms with Gasteiger partial charge in [0, 0.05) is 5.69 Å². The van der Waals surface area contributed by atoms with E-state index in [4.69, 9.17) is 0 Å². The minimum Gasteiger partial charge on any atom is -0.391 e. The molecule has 2 rings (SSSR count). The van der Waals surface area contributed by atoms with Crippen LogP contribution in [0.5, 0.6) is 0 Å². The molecule has 76 valence electrons. The summed E-state index contributed by atoms with van der Waals surface area (Å²) in [6.45, 7) is 2.19. The number of para-hydroxylation sites is 1. The first-order valence-corrected chi connectivity index (χ1v) is 5.27. The van der Waals surface area contributed by atoms with Crippen molar-refractivity contribution in [3.8, 4) is 0 Å². The minimum absolute atomic E-state index is 0.190. The van der Waals surface area contributed by atoms with Crippen molar-refractivity contribution in [2.45, 2.75) is 31.9 Å². The summed E-state index contributed by atoms with van der Waals surface area (Å²) in [6.07, 6.45) is 1.85. The third-order valence-corrected chi connectivity index (χ3v) is 3.05. The molecule has 0 radical (unpaired) electrons. The van der Waals surface area contributed by atoms with Gasteiger partial charge in [0.25, 0.3) is 0 Å². The number of aliphatic hydroxyl groups is 1. The van der Waals surface area contributed by atoms with Gasteiger partial charge >= 0.3 is 0 Å². The van der Waals surface area contributed by atoms with Crippen LogP contribution in [0.4, 0.5) is 5.69 Å². The van der Waals surface area contributed by atoms with Gasteiger partial charge in [0.15, 0.2) is 0 Å². The van der Waals surface area contributed by atoms with Gasteiger partial charge in [-0.3, -0.25) is 0 Å². The van der Waals surface area contributed by atoms with E-state index in [0.29, 0.717) is 5.92 Å². The van der Waals surface area contributed by atoms with Crippen LogP contribution in [0.1, 0.15) is 19.8 Å². The number of hydrogen-bond acceptors (Lipinski definition) is 2. The SMILES string of the molecule is CC1CCC(O)C1Nc1ccccc1. The normalized spacial score (nSPS) is 31.7. The van der Waals surface area contributed by atoms with E-state index in [-0.39, 0.29) is 12.1 Å². The summed E-state index contributed by atoms with van der Waals surface area (Å²) in [5.41, 5.74) is 1.10. The fourth-order valence-electron chi connectivity index (χ4n) is 2.14. The monoisotopic (exact) mass is 191 g/mol. The molecular weight excluding hydrogens is 174 g/mol. The van der Waals surface area contributed by atoms with Gasteiger partial charge in [-0.1, -0.05) is 25.1 Å². The summed E-state index contributed by atoms with van der Waals surface area (Å²) in [5.74, 6) is 0.560. The van der Waals surface area contributed by atoms with Gasteiger partial charge in [0.05, 0.1) is 12.1 Å². The summed E-state index contributed by atoms with van der Waals surface area (Å²) in [7, 11) is 0. The van der Waals surface area contributed by atoms with Crippen molar-refractivity contribution in [1.82, 2.24) is 0 Å². The second-order valence-corrected chi connectivity index (χ2v) is 4.16. The molecule has 1 saturated carbocycles. The highest BCUT2D eigenvalue weighted by molar-refractivity contribution is 5.44. The lowest BCUT2D eigenvalue weighted by molar-refractivity contribution is 0.166. The zero-order valence-electron chi connectivity index (χ0n) is 8.48. The Morgan fingerprint density at radius 3 is 2.50 bits per heavy atom. The molecule has 3 unspecified atom stereocenters. The standard InChI is InChI=1S/C12H17NO/c1-9-7-8-11(14)12(9)13-10-5-3-2-4-6-10/h2-6,9,11-14H,7-8H2,1H3. The van der Waals surface area contributed by atoms with E-state index < -0.39 is 0 Å². The van der Waals surface area contributed by atoms with Gasteiger partial charge in [0.2, 0.25) is 0 Å². The van der Waals surface area contributed by atoms with Crippen molar-refractivity contribution in [3.05, 3.63) is 30.3 Å². The van der Waals surface area contributed by atoms with E-state index in [1.807, 2.05) is 30.3 Å². The zero-order chi connectivity index (χ0) is 9.97. The van der Waals surface area contributed by atoms with Crippen LogP contribution in [0.15, 0.2) is 30.3 Å². The summed E-state index contributed by atoms with van der Waals surface area (Å²) in [5, 5.41) is 13.1. The van der Waals surface area contributed by atoms with Gasteiger partial charge in [-0.15, -0.1) is 0 Å². The average molecular weight is 191 g/mol. The van der Waals surface area contributed by atoms with Crippen LogP contribution in [0.3, 0.4) is 0 Å². The maximum Gasteiger partial charge on any atom is 0.0743 e. The molecule has 14 heavy (non-hydrogen) atoms. The van der Waals surface area contributed by atoms with Crippen LogP contribution >= 0.6 is 0 Å². The van der Waals surface area contributed by atoms with Crippen LogP contribution < -0.4 is 5.32 Å². The summed E-state index contributed by atoms with van der Waals surface area (Å²) >= 11 is 0. The molecule has 0 aromatic heterocycles. The predicted octanol–water partition coefficient (Wildman–Crippen LogP) is 2.26. The predicted molar refractivity (Wildman–Crippen MR) is 58.3 cm³/mol. The molecule has 0 bridgehead atoms. The Morgan fingerprint density at radius 2 is 1.93 bits per heavy atom. The van der Waals surface area contributed by atoms with Crippen LogP contribution in [0.25, 0.3) is 0 Å². The van der Waals surface area contributed by atoms with E-state index >= 15 is 0 Å². The smallest absolute Gasteiger partial charge is 0.0743 e. The molecule has 0 amide bonds. The third kappa shape index (κ3) is 1.90. The quantitative estimate of drug-likeness (QED) is 0.751. The maximum atomic E-state index is 9.76. The van der Waals surface area contributed by atoms with Gasteiger partial charge < -0.3 is 10.4 Å². The number of rotatable bonds is 2. The Labute approximate surface area is 85.0 Å². The van der Waals surface area contributed by atoms with Gasteiger partial charge in [-0.05, 0) is 30.9 Å². The molecule has 2 heteroatoms. The molecule has 1 aliphatic carbocycles. The topological polar surface area (TPSA) is 32.3 Å². The highest BCUT2D eigenvalue weighted by atomic mass is 16.3. The Hall–Kier alpha value is -1.02. The molecule has 0 aliphatic heterocycles. The molecule has 0 spiro atoms. The number of anilines is 1. The first kappa shape index (κ1) is 9.53. The molecule has 1 fully saturated rings. The van der Waals surface area contributed by atoms with E-state index in [9.17, 15) is 5.11 Å². The lowest BCUT2D eigenvalue weighted by atomic mass is 10.1. The first-order valence-electron chi connectivity index (χ1n) is 5.27. The third-order valence-electron chi connectivity index (χ3n) is 3.05. The van der Waals surface area contributed by atoms with Crippen molar-refractivity contribution in [1.29, 1.82) is 0 Å². The first-order chi connectivity index (χ1) is 6.77. The largest absolute Gasteiger partial charge is 0.391 e.